The molecular weight excluding hydrogens is 502 g/mol. The first kappa shape index (κ1) is 33.7. The number of aryl methyl sites for hydroxylation is 1. The number of carbonyl (C=O) groups excluding carboxylic acids is 4. The van der Waals surface area contributed by atoms with E-state index in [4.69, 9.17) is 9.47 Å². The van der Waals surface area contributed by atoms with E-state index < -0.39 is 47.6 Å². The van der Waals surface area contributed by atoms with Crippen LogP contribution in [0.4, 0.5) is 4.79 Å². The molecule has 3 N–H and O–H groups in total. The molecule has 3 amide bonds. The maximum absolute atomic E-state index is 13.9. The largest absolute Gasteiger partial charge is 0.507 e. The molecule has 0 fully saturated rings. The lowest BCUT2D eigenvalue weighted by Crippen LogP contribution is -2.54. The average Bonchev–Trinajstić information content (AvgIpc) is 2.81. The lowest BCUT2D eigenvalue weighted by molar-refractivity contribution is -0.146. The minimum atomic E-state index is -1.22. The number of benzene rings is 1. The second-order valence-corrected chi connectivity index (χ2v) is 11.2. The van der Waals surface area contributed by atoms with E-state index in [1.807, 2.05) is 6.92 Å². The van der Waals surface area contributed by atoms with Gasteiger partial charge in [0, 0.05) is 18.2 Å². The number of para-hydroxylation sites is 1. The third-order valence-electron chi connectivity index (χ3n) is 6.02. The molecule has 3 atom stereocenters. The zero-order valence-electron chi connectivity index (χ0n) is 24.9. The van der Waals surface area contributed by atoms with Crippen LogP contribution in [0.3, 0.4) is 0 Å². The summed E-state index contributed by atoms with van der Waals surface area (Å²) < 4.78 is 10.3. The number of rotatable bonds is 13. The van der Waals surface area contributed by atoms with Crippen molar-refractivity contribution < 1.29 is 33.8 Å². The number of hydrogen-bond donors (Lipinski definition) is 3. The first-order valence-electron chi connectivity index (χ1n) is 13.6. The summed E-state index contributed by atoms with van der Waals surface area (Å²) in [5, 5.41) is 16.3. The highest BCUT2D eigenvalue weighted by Gasteiger charge is 2.39. The number of phenolic OH excluding ortho intramolecular Hbond substituents is 1. The van der Waals surface area contributed by atoms with Crippen LogP contribution in [0.2, 0.25) is 0 Å². The van der Waals surface area contributed by atoms with E-state index in [0.717, 1.165) is 6.42 Å². The van der Waals surface area contributed by atoms with Gasteiger partial charge in [-0.2, -0.15) is 0 Å². The Kier molecular flexibility index (Phi) is 13.3. The summed E-state index contributed by atoms with van der Waals surface area (Å²) in [4.78, 5) is 53.3. The van der Waals surface area contributed by atoms with E-state index in [2.05, 4.69) is 24.5 Å². The number of nitrogens with one attached hydrogen (secondary N) is 2. The van der Waals surface area contributed by atoms with Crippen molar-refractivity contribution in [1.82, 2.24) is 15.5 Å². The fraction of sp³-hybridized carbons (Fsp3) is 0.655. The van der Waals surface area contributed by atoms with E-state index in [1.54, 1.807) is 52.8 Å². The Bertz CT molecular complexity index is 988. The van der Waals surface area contributed by atoms with Crippen molar-refractivity contribution in [2.75, 3.05) is 13.2 Å². The van der Waals surface area contributed by atoms with Crippen molar-refractivity contribution in [3.63, 3.8) is 0 Å². The topological polar surface area (TPSA) is 134 Å². The predicted molar refractivity (Wildman–Crippen MR) is 149 cm³/mol. The maximum atomic E-state index is 13.9. The molecule has 39 heavy (non-hydrogen) atoms. The Morgan fingerprint density at radius 2 is 1.69 bits per heavy atom. The Morgan fingerprint density at radius 3 is 2.26 bits per heavy atom. The number of amides is 3. The summed E-state index contributed by atoms with van der Waals surface area (Å²) in [5.41, 5.74) is 0.0306. The average molecular weight is 550 g/mol. The van der Waals surface area contributed by atoms with Gasteiger partial charge in [0.2, 0.25) is 11.8 Å². The predicted octanol–water partition coefficient (Wildman–Crippen LogP) is 4.38. The van der Waals surface area contributed by atoms with Gasteiger partial charge in [0.25, 0.3) is 0 Å². The van der Waals surface area contributed by atoms with E-state index in [9.17, 15) is 24.3 Å². The molecule has 1 rings (SSSR count). The third kappa shape index (κ3) is 11.1. The number of phenols is 1. The number of esters is 1. The van der Waals surface area contributed by atoms with Crippen molar-refractivity contribution in [2.45, 2.75) is 105 Å². The van der Waals surface area contributed by atoms with Crippen LogP contribution in [0.25, 0.3) is 0 Å². The van der Waals surface area contributed by atoms with Crippen LogP contribution >= 0.6 is 0 Å². The minimum Gasteiger partial charge on any atom is -0.507 e. The highest BCUT2D eigenvalue weighted by atomic mass is 16.6. The van der Waals surface area contributed by atoms with Gasteiger partial charge in [-0.25, -0.2) is 4.79 Å². The lowest BCUT2D eigenvalue weighted by Gasteiger charge is -2.38. The van der Waals surface area contributed by atoms with Crippen LogP contribution < -0.4 is 10.6 Å². The van der Waals surface area contributed by atoms with Gasteiger partial charge in [0.15, 0.2) is 0 Å². The van der Waals surface area contributed by atoms with Crippen LogP contribution in [0.15, 0.2) is 18.2 Å². The summed E-state index contributed by atoms with van der Waals surface area (Å²) in [6.45, 7) is 16.3. The van der Waals surface area contributed by atoms with Gasteiger partial charge >= 0.3 is 12.1 Å². The van der Waals surface area contributed by atoms with Gasteiger partial charge in [0.1, 0.15) is 23.4 Å². The third-order valence-corrected chi connectivity index (χ3v) is 6.02. The van der Waals surface area contributed by atoms with Crippen LogP contribution in [-0.4, -0.2) is 64.7 Å². The summed E-state index contributed by atoms with van der Waals surface area (Å²) >= 11 is 0. The second kappa shape index (κ2) is 15.3. The van der Waals surface area contributed by atoms with Crippen molar-refractivity contribution in [3.8, 4) is 5.75 Å². The van der Waals surface area contributed by atoms with Gasteiger partial charge in [0.05, 0.1) is 13.0 Å². The van der Waals surface area contributed by atoms with E-state index in [0.29, 0.717) is 17.9 Å². The highest BCUT2D eigenvalue weighted by Crippen LogP contribution is 2.34. The number of nitrogens with zero attached hydrogens (tertiary/aromatic N) is 1. The van der Waals surface area contributed by atoms with Gasteiger partial charge in [-0.3, -0.25) is 14.4 Å². The molecule has 0 bridgehead atoms. The van der Waals surface area contributed by atoms with Crippen LogP contribution in [0.1, 0.15) is 91.8 Å². The fourth-order valence-corrected chi connectivity index (χ4v) is 4.02. The fourth-order valence-electron chi connectivity index (χ4n) is 4.02. The number of alkyl carbamates (subject to hydrolysis) is 1. The number of carbonyl (C=O) groups is 4. The molecule has 3 unspecified atom stereocenters. The molecular formula is C29H47N3O7. The van der Waals surface area contributed by atoms with Crippen molar-refractivity contribution in [1.29, 1.82) is 0 Å². The molecule has 0 aromatic heterocycles. The molecule has 0 saturated heterocycles. The summed E-state index contributed by atoms with van der Waals surface area (Å²) in [6.07, 6.45) is 0.573. The van der Waals surface area contributed by atoms with Gasteiger partial charge in [-0.15, -0.1) is 0 Å². The monoisotopic (exact) mass is 549 g/mol. The zero-order valence-corrected chi connectivity index (χ0v) is 24.9. The Labute approximate surface area is 232 Å². The Hall–Kier alpha value is -3.30. The molecule has 10 nitrogen and oxygen atoms in total. The van der Waals surface area contributed by atoms with Gasteiger partial charge in [-0.1, -0.05) is 32.0 Å². The number of ether oxygens (including phenoxy) is 2. The molecule has 0 aliphatic heterocycles. The summed E-state index contributed by atoms with van der Waals surface area (Å²) in [6, 6.07) is 2.33. The van der Waals surface area contributed by atoms with E-state index in [-0.39, 0.29) is 30.9 Å². The zero-order chi connectivity index (χ0) is 29.9. The molecule has 1 aromatic rings. The maximum Gasteiger partial charge on any atom is 0.408 e. The summed E-state index contributed by atoms with van der Waals surface area (Å²) in [7, 11) is 0. The number of aromatic hydroxyl groups is 1. The molecule has 1 aromatic carbocycles. The molecule has 0 saturated carbocycles. The van der Waals surface area contributed by atoms with Crippen molar-refractivity contribution in [2.24, 2.45) is 5.92 Å². The highest BCUT2D eigenvalue weighted by molar-refractivity contribution is 5.92. The number of hydrogen-bond acceptors (Lipinski definition) is 7. The van der Waals surface area contributed by atoms with Crippen LogP contribution in [0, 0.1) is 12.8 Å². The molecule has 0 radical (unpaired) electrons. The Morgan fingerprint density at radius 1 is 1.05 bits per heavy atom. The smallest absolute Gasteiger partial charge is 0.408 e. The van der Waals surface area contributed by atoms with Crippen molar-refractivity contribution in [3.05, 3.63) is 29.3 Å². The van der Waals surface area contributed by atoms with E-state index in [1.165, 1.54) is 11.8 Å². The molecule has 0 heterocycles. The first-order valence-corrected chi connectivity index (χ1v) is 13.6. The molecule has 10 heteroatoms. The second-order valence-electron chi connectivity index (χ2n) is 11.2. The standard InChI is InChI=1S/C29H47N3O7/c1-10-38-23(33)16-17-30-26(35)24(22-13-11-12-19(4)25(22)34)32(20(5)15-14-18(2)3)27(36)21(6)31-28(37)39-29(7,8)9/h11-13,18,20-21,24,34H,10,14-17H2,1-9H3,(H,30,35)(H,31,37). The van der Waals surface area contributed by atoms with E-state index >= 15 is 0 Å². The SMILES string of the molecule is CCOC(=O)CCNC(=O)C(c1cccc(C)c1O)N(C(=O)C(C)NC(=O)OC(C)(C)C)C(C)CCC(C)C. The van der Waals surface area contributed by atoms with Gasteiger partial charge < -0.3 is 30.1 Å². The minimum absolute atomic E-state index is 0.00510. The van der Waals surface area contributed by atoms with Crippen LogP contribution in [-0.2, 0) is 23.9 Å². The quantitative estimate of drug-likeness (QED) is 0.311. The summed E-state index contributed by atoms with van der Waals surface area (Å²) in [5.74, 6) is -1.28. The molecule has 0 spiro atoms. The Balaban J connectivity index is 3.48. The lowest BCUT2D eigenvalue weighted by atomic mass is 9.95. The molecule has 220 valence electrons. The van der Waals surface area contributed by atoms with Crippen LogP contribution in [0.5, 0.6) is 5.75 Å². The van der Waals surface area contributed by atoms with Crippen molar-refractivity contribution >= 4 is 23.9 Å². The normalized spacial score (nSPS) is 13.7. The molecule has 0 aliphatic rings. The first-order chi connectivity index (χ1) is 18.1. The van der Waals surface area contributed by atoms with Gasteiger partial charge in [-0.05, 0) is 72.8 Å². The molecule has 0 aliphatic carbocycles.